The van der Waals surface area contributed by atoms with Crippen LogP contribution in [0.1, 0.15) is 103 Å². The van der Waals surface area contributed by atoms with Gasteiger partial charge in [0.15, 0.2) is 11.2 Å². The largest absolute Gasteiger partial charge is 0.454 e. The highest BCUT2D eigenvalue weighted by Crippen LogP contribution is 2.53. The second-order valence-corrected chi connectivity index (χ2v) is 20.3. The molecule has 12 rings (SSSR count). The summed E-state index contributed by atoms with van der Waals surface area (Å²) in [6.07, 6.45) is 6.70. The van der Waals surface area contributed by atoms with Crippen LogP contribution in [0.4, 0.5) is 28.4 Å². The third-order valence-electron chi connectivity index (χ3n) is 14.9. The molecule has 1 aliphatic rings. The first-order chi connectivity index (χ1) is 33.0. The van der Waals surface area contributed by atoms with Gasteiger partial charge in [0.05, 0.1) is 22.7 Å². The van der Waals surface area contributed by atoms with Crippen LogP contribution >= 0.6 is 0 Å². The molecule has 0 bridgehead atoms. The van der Waals surface area contributed by atoms with Crippen LogP contribution < -0.4 is 9.80 Å². The van der Waals surface area contributed by atoms with Crippen molar-refractivity contribution in [3.63, 3.8) is 0 Å². The summed E-state index contributed by atoms with van der Waals surface area (Å²) in [5.41, 5.74) is 15.8. The van der Waals surface area contributed by atoms with Gasteiger partial charge in [0.2, 0.25) is 0 Å². The van der Waals surface area contributed by atoms with Crippen LogP contribution in [0, 0.1) is 5.92 Å². The Kier molecular flexibility index (Phi) is 10.0. The first kappa shape index (κ1) is 42.1. The molecule has 336 valence electrons. The summed E-state index contributed by atoms with van der Waals surface area (Å²) in [6, 6.07) is 53.9. The molecule has 4 nitrogen and oxygen atoms in total. The second-order valence-electron chi connectivity index (χ2n) is 20.3. The van der Waals surface area contributed by atoms with Crippen LogP contribution in [-0.2, 0) is 0 Å². The second kappa shape index (κ2) is 16.2. The Morgan fingerprint density at radius 2 is 0.868 bits per heavy atom. The third-order valence-corrected chi connectivity index (χ3v) is 14.9. The Labute approximate surface area is 399 Å². The number of hydrogen-bond donors (Lipinski definition) is 0. The van der Waals surface area contributed by atoms with Crippen molar-refractivity contribution < 1.29 is 8.83 Å². The highest BCUT2D eigenvalue weighted by molar-refractivity contribution is 6.30. The average Bonchev–Trinajstić information content (AvgIpc) is 3.93. The van der Waals surface area contributed by atoms with Crippen LogP contribution in [0.5, 0.6) is 0 Å². The molecule has 9 aromatic carbocycles. The minimum atomic E-state index is 0.256. The number of allylic oxidation sites excluding steroid dienone is 4. The summed E-state index contributed by atoms with van der Waals surface area (Å²) >= 11 is 0. The van der Waals surface area contributed by atoms with E-state index in [-0.39, 0.29) is 11.8 Å². The fraction of sp³-hybridized carbons (Fsp3) is 0.219. The Bertz CT molecular complexity index is 3820. The standard InChI is InChI=1S/C64H58N2O2/c1-37(2)41-23-27-43(28-24-41)65(55-19-13-17-49-45-15-9-11-21-59(45)67-63(49)55)57-35-53(39(5)6)47-32-34-52-58(36-54(40(7)8)48-31-33-51(57)61(47)62(48)52)66(44-29-25-42(26-30-44)38(3)4)56-20-14-18-50-46-16-10-12-22-60(46)68-64(50)56/h9-25,27-29,31-40H,26,30H2,1-8H3. The third kappa shape index (κ3) is 6.55. The van der Waals surface area contributed by atoms with Gasteiger partial charge < -0.3 is 18.6 Å². The maximum absolute atomic E-state index is 6.88. The molecule has 11 aromatic rings. The summed E-state index contributed by atoms with van der Waals surface area (Å²) in [5, 5.41) is 12.2. The molecule has 2 heterocycles. The summed E-state index contributed by atoms with van der Waals surface area (Å²) in [5.74, 6) is 1.43. The number of anilines is 5. The van der Waals surface area contributed by atoms with Crippen molar-refractivity contribution in [3.8, 4) is 0 Å². The molecular formula is C64H58N2O2. The van der Waals surface area contributed by atoms with Crippen LogP contribution in [0.2, 0.25) is 0 Å². The van der Waals surface area contributed by atoms with E-state index in [4.69, 9.17) is 8.83 Å². The van der Waals surface area contributed by atoms with Crippen LogP contribution in [0.3, 0.4) is 0 Å². The summed E-state index contributed by atoms with van der Waals surface area (Å²) < 4.78 is 13.7. The van der Waals surface area contributed by atoms with E-state index in [1.165, 1.54) is 66.0 Å². The van der Waals surface area contributed by atoms with Gasteiger partial charge in [-0.1, -0.05) is 164 Å². The zero-order valence-corrected chi connectivity index (χ0v) is 40.4. The maximum Gasteiger partial charge on any atom is 0.159 e. The van der Waals surface area contributed by atoms with Gasteiger partial charge in [-0.3, -0.25) is 0 Å². The molecule has 0 N–H and O–H groups in total. The fourth-order valence-corrected chi connectivity index (χ4v) is 11.3. The van der Waals surface area contributed by atoms with E-state index >= 15 is 0 Å². The highest BCUT2D eigenvalue weighted by atomic mass is 16.3. The van der Waals surface area contributed by atoms with Gasteiger partial charge in [-0.25, -0.2) is 0 Å². The number of furan rings is 2. The number of nitrogens with zero attached hydrogens (tertiary/aromatic N) is 2. The average molecular weight is 887 g/mol. The number of benzene rings is 9. The Hall–Kier alpha value is -7.30. The van der Waals surface area contributed by atoms with Crippen molar-refractivity contribution in [1.29, 1.82) is 0 Å². The number of hydrogen-bond acceptors (Lipinski definition) is 4. The van der Waals surface area contributed by atoms with Gasteiger partial charge in [-0.05, 0) is 129 Å². The molecule has 0 atom stereocenters. The van der Waals surface area contributed by atoms with Gasteiger partial charge in [-0.15, -0.1) is 0 Å². The van der Waals surface area contributed by atoms with E-state index in [0.717, 1.165) is 79.5 Å². The molecule has 4 heteroatoms. The Morgan fingerprint density at radius 1 is 0.382 bits per heavy atom. The van der Waals surface area contributed by atoms with Crippen molar-refractivity contribution in [2.24, 2.45) is 5.92 Å². The molecule has 2 aromatic heterocycles. The molecule has 0 saturated heterocycles. The smallest absolute Gasteiger partial charge is 0.159 e. The van der Waals surface area contributed by atoms with Crippen LogP contribution in [-0.4, -0.2) is 0 Å². The lowest BCUT2D eigenvalue weighted by Crippen LogP contribution is -2.19. The number of rotatable bonds is 10. The summed E-state index contributed by atoms with van der Waals surface area (Å²) in [7, 11) is 0. The van der Waals surface area contributed by atoms with Crippen molar-refractivity contribution in [1.82, 2.24) is 0 Å². The normalized spacial score (nSPS) is 13.6. The predicted molar refractivity (Wildman–Crippen MR) is 290 cm³/mol. The van der Waals surface area contributed by atoms with E-state index in [1.807, 2.05) is 0 Å². The highest BCUT2D eigenvalue weighted by Gasteiger charge is 2.29. The van der Waals surface area contributed by atoms with Gasteiger partial charge in [0, 0.05) is 43.7 Å². The molecule has 0 saturated carbocycles. The molecule has 0 radical (unpaired) electrons. The molecule has 1 aliphatic carbocycles. The minimum absolute atomic E-state index is 0.256. The molecule has 0 aliphatic heterocycles. The molecule has 0 unspecified atom stereocenters. The topological polar surface area (TPSA) is 32.8 Å². The van der Waals surface area contributed by atoms with Crippen LogP contribution in [0.25, 0.3) is 76.2 Å². The first-order valence-corrected chi connectivity index (χ1v) is 24.7. The monoisotopic (exact) mass is 886 g/mol. The van der Waals surface area contributed by atoms with Crippen molar-refractivity contribution >= 4 is 105 Å². The van der Waals surface area contributed by atoms with Crippen molar-refractivity contribution in [2.75, 3.05) is 9.80 Å². The molecular weight excluding hydrogens is 829 g/mol. The van der Waals surface area contributed by atoms with E-state index in [1.54, 1.807) is 0 Å². The van der Waals surface area contributed by atoms with E-state index in [2.05, 4.69) is 223 Å². The SMILES string of the molecule is CC(C)C1=CC=C(N(c2cc(C(C)C)c3ccc4c(N(c5ccc(C(C)C)cc5)c5cccc6c5oc5ccccc56)cc(C(C)C)c5ccc2c3c54)c2cccc3c2oc2ccccc23)CC1. The summed E-state index contributed by atoms with van der Waals surface area (Å²) in [4.78, 5) is 5.02. The first-order valence-electron chi connectivity index (χ1n) is 24.7. The van der Waals surface area contributed by atoms with Crippen LogP contribution in [0.15, 0.2) is 178 Å². The Balaban J connectivity index is 1.19. The lowest BCUT2D eigenvalue weighted by Gasteiger charge is -2.33. The minimum Gasteiger partial charge on any atom is -0.454 e. The Morgan fingerprint density at radius 3 is 1.35 bits per heavy atom. The summed E-state index contributed by atoms with van der Waals surface area (Å²) in [6.45, 7) is 18.5. The molecule has 68 heavy (non-hydrogen) atoms. The van der Waals surface area contributed by atoms with Gasteiger partial charge in [-0.2, -0.15) is 0 Å². The van der Waals surface area contributed by atoms with E-state index < -0.39 is 0 Å². The molecule has 0 spiro atoms. The van der Waals surface area contributed by atoms with Gasteiger partial charge >= 0.3 is 0 Å². The number of para-hydroxylation sites is 4. The zero-order valence-electron chi connectivity index (χ0n) is 40.4. The van der Waals surface area contributed by atoms with Gasteiger partial charge in [0.1, 0.15) is 11.2 Å². The zero-order chi connectivity index (χ0) is 46.5. The lowest BCUT2D eigenvalue weighted by atomic mass is 9.83. The fourth-order valence-electron chi connectivity index (χ4n) is 11.3. The molecule has 0 fully saturated rings. The predicted octanol–water partition coefficient (Wildman–Crippen LogP) is 19.6. The quantitative estimate of drug-likeness (QED) is 0.128. The van der Waals surface area contributed by atoms with E-state index in [0.29, 0.717) is 11.8 Å². The van der Waals surface area contributed by atoms with Crippen molar-refractivity contribution in [2.45, 2.75) is 86.0 Å². The van der Waals surface area contributed by atoms with Gasteiger partial charge in [0.25, 0.3) is 0 Å². The van der Waals surface area contributed by atoms with E-state index in [9.17, 15) is 0 Å². The molecule has 0 amide bonds. The maximum atomic E-state index is 6.88. The number of fused-ring (bicyclic) bond motifs is 6. The van der Waals surface area contributed by atoms with Crippen molar-refractivity contribution in [3.05, 3.63) is 186 Å². The lowest BCUT2D eigenvalue weighted by molar-refractivity contribution is 0.667.